The smallest absolute Gasteiger partial charge is 0.155 e. The van der Waals surface area contributed by atoms with E-state index in [1.54, 1.807) is 12.4 Å². The van der Waals surface area contributed by atoms with Crippen LogP contribution in [0.3, 0.4) is 0 Å². The molecule has 0 aliphatic carbocycles. The Hall–Kier alpha value is -3.29. The van der Waals surface area contributed by atoms with Gasteiger partial charge in [0.15, 0.2) is 5.65 Å². The second-order valence-electron chi connectivity index (χ2n) is 8.21. The van der Waals surface area contributed by atoms with E-state index in [2.05, 4.69) is 38.2 Å². The number of nitrogens with zero attached hydrogens (tertiary/aromatic N) is 5. The molecule has 1 atom stereocenters. The summed E-state index contributed by atoms with van der Waals surface area (Å²) in [6.07, 6.45) is 12.2. The van der Waals surface area contributed by atoms with Gasteiger partial charge in [0.05, 0.1) is 25.1 Å². The third-order valence-corrected chi connectivity index (χ3v) is 5.74. The standard InChI is InChI=1S/C25H27N5O2/c1-2-6-24(32-19-20-4-3-7-26-13-20)22(5-1)16-29-10-11-31-18-21(15-29)12-23-17-30-9-8-27-25(30)14-28-23/h1-9,13-14,17,21H,10-12,15-16,18-19H2/t21-/m0/s1. The lowest BCUT2D eigenvalue weighted by Gasteiger charge is -2.24. The molecule has 3 aromatic heterocycles. The predicted octanol–water partition coefficient (Wildman–Crippen LogP) is 3.39. The number of aromatic nitrogens is 4. The Labute approximate surface area is 187 Å². The maximum Gasteiger partial charge on any atom is 0.155 e. The lowest BCUT2D eigenvalue weighted by molar-refractivity contribution is 0.121. The van der Waals surface area contributed by atoms with Crippen molar-refractivity contribution in [3.63, 3.8) is 0 Å². The topological polar surface area (TPSA) is 64.8 Å². The number of rotatable bonds is 7. The number of imidazole rings is 1. The molecule has 7 heteroatoms. The predicted molar refractivity (Wildman–Crippen MR) is 121 cm³/mol. The summed E-state index contributed by atoms with van der Waals surface area (Å²) < 4.78 is 14.1. The Morgan fingerprint density at radius 2 is 2.03 bits per heavy atom. The van der Waals surface area contributed by atoms with E-state index in [4.69, 9.17) is 9.47 Å². The molecule has 0 bridgehead atoms. The Bertz CT molecular complexity index is 1150. The molecule has 1 aliphatic heterocycles. The molecule has 0 N–H and O–H groups in total. The van der Waals surface area contributed by atoms with Gasteiger partial charge in [-0.3, -0.25) is 14.9 Å². The van der Waals surface area contributed by atoms with Crippen LogP contribution in [0, 0.1) is 5.92 Å². The maximum atomic E-state index is 6.14. The molecule has 1 aliphatic rings. The zero-order valence-corrected chi connectivity index (χ0v) is 18.0. The highest BCUT2D eigenvalue weighted by atomic mass is 16.5. The van der Waals surface area contributed by atoms with E-state index in [0.717, 1.165) is 61.9 Å². The number of hydrogen-bond donors (Lipinski definition) is 0. The van der Waals surface area contributed by atoms with Crippen LogP contribution in [0.4, 0.5) is 0 Å². The summed E-state index contributed by atoms with van der Waals surface area (Å²) in [4.78, 5) is 15.5. The van der Waals surface area contributed by atoms with Gasteiger partial charge in [-0.05, 0) is 18.6 Å². The number of fused-ring (bicyclic) bond motifs is 1. The zero-order valence-electron chi connectivity index (χ0n) is 18.0. The van der Waals surface area contributed by atoms with Crippen molar-refractivity contribution in [2.75, 3.05) is 26.3 Å². The monoisotopic (exact) mass is 429 g/mol. The van der Waals surface area contributed by atoms with Gasteiger partial charge in [-0.15, -0.1) is 0 Å². The number of benzene rings is 1. The molecule has 4 aromatic rings. The molecule has 32 heavy (non-hydrogen) atoms. The second-order valence-corrected chi connectivity index (χ2v) is 8.21. The number of hydrogen-bond acceptors (Lipinski definition) is 6. The van der Waals surface area contributed by atoms with Gasteiger partial charge in [-0.25, -0.2) is 4.98 Å². The van der Waals surface area contributed by atoms with Crippen molar-refractivity contribution >= 4 is 5.65 Å². The van der Waals surface area contributed by atoms with Gasteiger partial charge < -0.3 is 13.9 Å². The summed E-state index contributed by atoms with van der Waals surface area (Å²) in [6, 6.07) is 12.2. The van der Waals surface area contributed by atoms with Gasteiger partial charge in [0.25, 0.3) is 0 Å². The summed E-state index contributed by atoms with van der Waals surface area (Å²) >= 11 is 0. The first-order valence-corrected chi connectivity index (χ1v) is 11.0. The van der Waals surface area contributed by atoms with Crippen molar-refractivity contribution in [1.29, 1.82) is 0 Å². The van der Waals surface area contributed by atoms with Gasteiger partial charge in [0.2, 0.25) is 0 Å². The normalized spacial score (nSPS) is 17.3. The Morgan fingerprint density at radius 1 is 1.06 bits per heavy atom. The third kappa shape index (κ3) is 5.12. The fourth-order valence-electron chi connectivity index (χ4n) is 4.15. The van der Waals surface area contributed by atoms with E-state index in [0.29, 0.717) is 12.5 Å². The molecule has 164 valence electrons. The molecule has 1 fully saturated rings. The molecular weight excluding hydrogens is 402 g/mol. The largest absolute Gasteiger partial charge is 0.489 e. The maximum absolute atomic E-state index is 6.14. The molecule has 0 unspecified atom stereocenters. The Kier molecular flexibility index (Phi) is 6.37. The number of pyridine rings is 1. The summed E-state index contributed by atoms with van der Waals surface area (Å²) in [6.45, 7) is 4.69. The SMILES string of the molecule is c1cncc(COc2ccccc2CN2CCOC[C@@H](Cc3cn4ccnc4cn3)C2)c1. The second kappa shape index (κ2) is 9.89. The summed E-state index contributed by atoms with van der Waals surface area (Å²) in [5.41, 5.74) is 4.18. The van der Waals surface area contributed by atoms with Crippen molar-refractivity contribution in [1.82, 2.24) is 24.3 Å². The van der Waals surface area contributed by atoms with E-state index in [-0.39, 0.29) is 0 Å². The Balaban J connectivity index is 1.24. The summed E-state index contributed by atoms with van der Waals surface area (Å²) in [7, 11) is 0. The first-order chi connectivity index (χ1) is 15.8. The van der Waals surface area contributed by atoms with E-state index < -0.39 is 0 Å². The van der Waals surface area contributed by atoms with Crippen LogP contribution in [-0.4, -0.2) is 50.6 Å². The van der Waals surface area contributed by atoms with E-state index in [9.17, 15) is 0 Å². The van der Waals surface area contributed by atoms with Crippen LogP contribution >= 0.6 is 0 Å². The number of ether oxygens (including phenoxy) is 2. The average Bonchev–Trinajstić information content (AvgIpc) is 3.19. The molecule has 0 saturated carbocycles. The molecule has 4 heterocycles. The van der Waals surface area contributed by atoms with E-state index in [1.807, 2.05) is 47.3 Å². The Morgan fingerprint density at radius 3 is 2.97 bits per heavy atom. The van der Waals surface area contributed by atoms with Crippen molar-refractivity contribution < 1.29 is 9.47 Å². The van der Waals surface area contributed by atoms with Gasteiger partial charge >= 0.3 is 0 Å². The van der Waals surface area contributed by atoms with Crippen LogP contribution in [0.5, 0.6) is 5.75 Å². The molecule has 1 aromatic carbocycles. The minimum atomic E-state index is 0.384. The van der Waals surface area contributed by atoms with Crippen LogP contribution in [0.1, 0.15) is 16.8 Å². The van der Waals surface area contributed by atoms with Crippen LogP contribution < -0.4 is 4.74 Å². The molecule has 0 spiro atoms. The zero-order chi connectivity index (χ0) is 21.6. The highest BCUT2D eigenvalue weighted by Gasteiger charge is 2.21. The van der Waals surface area contributed by atoms with Crippen molar-refractivity contribution in [3.05, 3.63) is 90.4 Å². The minimum Gasteiger partial charge on any atom is -0.489 e. The van der Waals surface area contributed by atoms with Gasteiger partial charge in [-0.2, -0.15) is 0 Å². The van der Waals surface area contributed by atoms with Crippen molar-refractivity contribution in [2.45, 2.75) is 19.6 Å². The molecule has 7 nitrogen and oxygen atoms in total. The van der Waals surface area contributed by atoms with E-state index >= 15 is 0 Å². The first-order valence-electron chi connectivity index (χ1n) is 11.0. The fraction of sp³-hybridized carbons (Fsp3) is 0.320. The average molecular weight is 430 g/mol. The van der Waals surface area contributed by atoms with Gasteiger partial charge in [0.1, 0.15) is 12.4 Å². The highest BCUT2D eigenvalue weighted by molar-refractivity contribution is 5.35. The third-order valence-electron chi connectivity index (χ3n) is 5.74. The van der Waals surface area contributed by atoms with Gasteiger partial charge in [-0.1, -0.05) is 24.3 Å². The highest BCUT2D eigenvalue weighted by Crippen LogP contribution is 2.23. The van der Waals surface area contributed by atoms with Crippen LogP contribution in [0.15, 0.2) is 73.6 Å². The lowest BCUT2D eigenvalue weighted by Crippen LogP contribution is -2.30. The molecule has 0 amide bonds. The van der Waals surface area contributed by atoms with Crippen LogP contribution in [-0.2, 0) is 24.3 Å². The number of para-hydroxylation sites is 1. The fourth-order valence-corrected chi connectivity index (χ4v) is 4.15. The first kappa shape index (κ1) is 20.6. The molecule has 1 saturated heterocycles. The van der Waals surface area contributed by atoms with Crippen LogP contribution in [0.2, 0.25) is 0 Å². The summed E-state index contributed by atoms with van der Waals surface area (Å²) in [5, 5.41) is 0. The quantitative estimate of drug-likeness (QED) is 0.449. The van der Waals surface area contributed by atoms with Crippen LogP contribution in [0.25, 0.3) is 5.65 Å². The van der Waals surface area contributed by atoms with E-state index in [1.165, 1.54) is 5.56 Å². The lowest BCUT2D eigenvalue weighted by atomic mass is 10.0. The molecular formula is C25H27N5O2. The molecule has 0 radical (unpaired) electrons. The van der Waals surface area contributed by atoms with Crippen molar-refractivity contribution in [2.24, 2.45) is 5.92 Å². The van der Waals surface area contributed by atoms with Crippen molar-refractivity contribution in [3.8, 4) is 5.75 Å². The molecule has 5 rings (SSSR count). The summed E-state index contributed by atoms with van der Waals surface area (Å²) in [5.74, 6) is 1.31. The minimum absolute atomic E-state index is 0.384. The van der Waals surface area contributed by atoms with Gasteiger partial charge in [0, 0.05) is 67.7 Å².